The Labute approximate surface area is 177 Å². The maximum atomic E-state index is 11.2. The van der Waals surface area contributed by atoms with E-state index in [0.29, 0.717) is 0 Å². The molecule has 1 aromatic carbocycles. The smallest absolute Gasteiger partial charge is 0.314 e. The molecule has 2 heterocycles. The summed E-state index contributed by atoms with van der Waals surface area (Å²) in [5, 5.41) is 0. The predicted molar refractivity (Wildman–Crippen MR) is 117 cm³/mol. The molecular weight excluding hydrogens is 418 g/mol. The van der Waals surface area contributed by atoms with Crippen LogP contribution in [-0.2, 0) is 6.42 Å². The maximum absolute atomic E-state index is 11.2. The van der Waals surface area contributed by atoms with Crippen LogP contribution in [-0.4, -0.2) is 55.7 Å². The van der Waals surface area contributed by atoms with Crippen LogP contribution in [0.5, 0.6) is 5.75 Å². The van der Waals surface area contributed by atoms with Crippen molar-refractivity contribution in [2.24, 2.45) is 17.6 Å². The Morgan fingerprint density at radius 1 is 1.14 bits per heavy atom. The topological polar surface area (TPSA) is 58.8 Å². The molecule has 2 saturated heterocycles. The lowest BCUT2D eigenvalue weighted by molar-refractivity contribution is 0.161. The average Bonchev–Trinajstić information content (AvgIpc) is 2.71. The second-order valence-corrected chi connectivity index (χ2v) is 9.21. The second-order valence-electron chi connectivity index (χ2n) is 8.36. The number of hydrogen-bond donors (Lipinski definition) is 1. The Hall–Kier alpha value is -1.27. The number of urea groups is 1. The first-order chi connectivity index (χ1) is 13.5. The lowest BCUT2D eigenvalue weighted by Crippen LogP contribution is -2.41. The summed E-state index contributed by atoms with van der Waals surface area (Å²) in [5.74, 6) is 2.47. The van der Waals surface area contributed by atoms with E-state index in [4.69, 9.17) is 10.5 Å². The molecule has 2 aliphatic rings. The molecule has 2 amide bonds. The molecule has 28 heavy (non-hydrogen) atoms. The molecule has 2 aliphatic heterocycles. The molecule has 0 saturated carbocycles. The molecule has 0 unspecified atom stereocenters. The van der Waals surface area contributed by atoms with Gasteiger partial charge in [-0.3, -0.25) is 0 Å². The molecule has 6 heteroatoms. The molecule has 3 rings (SSSR count). The summed E-state index contributed by atoms with van der Waals surface area (Å²) in [6, 6.07) is 6.01. The van der Waals surface area contributed by atoms with Crippen molar-refractivity contribution in [1.82, 2.24) is 9.80 Å². The predicted octanol–water partition coefficient (Wildman–Crippen LogP) is 4.28. The quantitative estimate of drug-likeness (QED) is 0.672. The zero-order valence-electron chi connectivity index (χ0n) is 17.0. The van der Waals surface area contributed by atoms with Gasteiger partial charge < -0.3 is 20.3 Å². The number of likely N-dealkylation sites (tertiary alicyclic amines) is 2. The van der Waals surface area contributed by atoms with Crippen LogP contribution in [0, 0.1) is 11.8 Å². The van der Waals surface area contributed by atoms with E-state index >= 15 is 0 Å². The van der Waals surface area contributed by atoms with Crippen molar-refractivity contribution in [3.05, 3.63) is 28.2 Å². The first-order valence-corrected chi connectivity index (χ1v) is 11.4. The Bertz CT molecular complexity index is 639. The van der Waals surface area contributed by atoms with Crippen LogP contribution in [0.4, 0.5) is 4.79 Å². The van der Waals surface area contributed by atoms with Crippen molar-refractivity contribution in [3.8, 4) is 5.75 Å². The molecule has 0 aromatic heterocycles. The Morgan fingerprint density at radius 3 is 2.46 bits per heavy atom. The maximum Gasteiger partial charge on any atom is 0.314 e. The van der Waals surface area contributed by atoms with E-state index in [1.54, 1.807) is 12.0 Å². The minimum Gasteiger partial charge on any atom is -0.497 e. The minimum atomic E-state index is -0.262. The minimum absolute atomic E-state index is 0.262. The van der Waals surface area contributed by atoms with E-state index in [-0.39, 0.29) is 6.03 Å². The van der Waals surface area contributed by atoms with Gasteiger partial charge >= 0.3 is 6.03 Å². The van der Waals surface area contributed by atoms with Gasteiger partial charge in [0, 0.05) is 17.6 Å². The molecule has 0 spiro atoms. The van der Waals surface area contributed by atoms with Gasteiger partial charge in [0.05, 0.1) is 7.11 Å². The number of benzene rings is 1. The number of piperidine rings is 2. The van der Waals surface area contributed by atoms with Crippen LogP contribution in [0.25, 0.3) is 0 Å². The molecule has 0 bridgehead atoms. The van der Waals surface area contributed by atoms with Gasteiger partial charge in [-0.15, -0.1) is 0 Å². The van der Waals surface area contributed by atoms with E-state index in [2.05, 4.69) is 33.0 Å². The van der Waals surface area contributed by atoms with Gasteiger partial charge in [0.2, 0.25) is 0 Å². The van der Waals surface area contributed by atoms with Crippen LogP contribution in [0.15, 0.2) is 22.7 Å². The van der Waals surface area contributed by atoms with Crippen molar-refractivity contribution >= 4 is 22.0 Å². The third kappa shape index (κ3) is 6.11. The summed E-state index contributed by atoms with van der Waals surface area (Å²) in [6.07, 6.45) is 8.46. The summed E-state index contributed by atoms with van der Waals surface area (Å²) in [6.45, 7) is 5.32. The highest BCUT2D eigenvalue weighted by Gasteiger charge is 2.23. The number of nitrogens with two attached hydrogens (primary N) is 1. The van der Waals surface area contributed by atoms with Crippen LogP contribution in [0.1, 0.15) is 44.1 Å². The SMILES string of the molecule is COc1ccc(Br)c(CC2CCN(CCCC3CCN(C(N)=O)CC3)CC2)c1. The first kappa shape index (κ1) is 21.4. The number of nitrogens with zero attached hydrogens (tertiary/aromatic N) is 2. The van der Waals surface area contributed by atoms with Gasteiger partial charge in [-0.05, 0) is 100 Å². The van der Waals surface area contributed by atoms with E-state index in [0.717, 1.165) is 49.9 Å². The number of primary amides is 1. The molecule has 2 N–H and O–H groups in total. The number of rotatable bonds is 7. The summed E-state index contributed by atoms with van der Waals surface area (Å²) < 4.78 is 6.57. The van der Waals surface area contributed by atoms with E-state index in [1.165, 1.54) is 55.4 Å². The standard InChI is InChI=1S/C22H34BrN3O2/c1-28-20-4-5-21(23)19(16-20)15-18-6-11-25(12-7-18)10-2-3-17-8-13-26(14-9-17)22(24)27/h4-5,16-18H,2-3,6-15H2,1H3,(H2,24,27). The van der Waals surface area contributed by atoms with Crippen molar-refractivity contribution < 1.29 is 9.53 Å². The highest BCUT2D eigenvalue weighted by atomic mass is 79.9. The largest absolute Gasteiger partial charge is 0.497 e. The van der Waals surface area contributed by atoms with Crippen molar-refractivity contribution in [1.29, 1.82) is 0 Å². The molecule has 2 fully saturated rings. The van der Waals surface area contributed by atoms with Gasteiger partial charge in [-0.2, -0.15) is 0 Å². The van der Waals surface area contributed by atoms with Gasteiger partial charge in [-0.1, -0.05) is 15.9 Å². The van der Waals surface area contributed by atoms with Gasteiger partial charge in [0.1, 0.15) is 5.75 Å². The van der Waals surface area contributed by atoms with Crippen molar-refractivity contribution in [2.45, 2.75) is 44.9 Å². The number of carbonyl (C=O) groups excluding carboxylic acids is 1. The number of methoxy groups -OCH3 is 1. The van der Waals surface area contributed by atoms with Crippen molar-refractivity contribution in [3.63, 3.8) is 0 Å². The van der Waals surface area contributed by atoms with Crippen LogP contribution >= 0.6 is 15.9 Å². The number of amides is 2. The second kappa shape index (κ2) is 10.5. The fourth-order valence-corrected chi connectivity index (χ4v) is 5.01. The van der Waals surface area contributed by atoms with E-state index in [1.807, 2.05) is 6.07 Å². The van der Waals surface area contributed by atoms with Gasteiger partial charge in [0.25, 0.3) is 0 Å². The summed E-state index contributed by atoms with van der Waals surface area (Å²) in [4.78, 5) is 15.6. The third-order valence-corrected chi connectivity index (χ3v) is 7.26. The normalized spacial score (nSPS) is 19.7. The number of hydrogen-bond acceptors (Lipinski definition) is 3. The number of ether oxygens (including phenoxy) is 1. The first-order valence-electron chi connectivity index (χ1n) is 10.6. The molecule has 0 radical (unpaired) electrons. The zero-order valence-corrected chi connectivity index (χ0v) is 18.6. The summed E-state index contributed by atoms with van der Waals surface area (Å²) >= 11 is 3.69. The number of halogens is 1. The molecule has 156 valence electrons. The average molecular weight is 452 g/mol. The van der Waals surface area contributed by atoms with Crippen LogP contribution in [0.3, 0.4) is 0 Å². The fraction of sp³-hybridized carbons (Fsp3) is 0.682. The highest BCUT2D eigenvalue weighted by Crippen LogP contribution is 2.29. The highest BCUT2D eigenvalue weighted by molar-refractivity contribution is 9.10. The van der Waals surface area contributed by atoms with E-state index in [9.17, 15) is 4.79 Å². The fourth-order valence-electron chi connectivity index (χ4n) is 4.61. The Balaban J connectivity index is 1.33. The summed E-state index contributed by atoms with van der Waals surface area (Å²) in [7, 11) is 1.73. The van der Waals surface area contributed by atoms with Crippen molar-refractivity contribution in [2.75, 3.05) is 39.8 Å². The lowest BCUT2D eigenvalue weighted by Gasteiger charge is -2.33. The van der Waals surface area contributed by atoms with E-state index < -0.39 is 0 Å². The number of carbonyl (C=O) groups is 1. The molecule has 0 aliphatic carbocycles. The van der Waals surface area contributed by atoms with Crippen LogP contribution < -0.4 is 10.5 Å². The molecular formula is C22H34BrN3O2. The van der Waals surface area contributed by atoms with Gasteiger partial charge in [-0.25, -0.2) is 4.79 Å². The molecule has 0 atom stereocenters. The lowest BCUT2D eigenvalue weighted by atomic mass is 9.89. The third-order valence-electron chi connectivity index (χ3n) is 6.48. The molecule has 1 aromatic rings. The summed E-state index contributed by atoms with van der Waals surface area (Å²) in [5.41, 5.74) is 6.73. The Morgan fingerprint density at radius 2 is 1.82 bits per heavy atom. The Kier molecular flexibility index (Phi) is 8.03. The molecule has 5 nitrogen and oxygen atoms in total. The van der Waals surface area contributed by atoms with Gasteiger partial charge in [0.15, 0.2) is 0 Å². The zero-order chi connectivity index (χ0) is 19.9. The monoisotopic (exact) mass is 451 g/mol. The van der Waals surface area contributed by atoms with Crippen LogP contribution in [0.2, 0.25) is 0 Å².